The van der Waals surface area contributed by atoms with Crippen molar-refractivity contribution in [2.24, 2.45) is 0 Å². The van der Waals surface area contributed by atoms with Crippen LogP contribution in [-0.4, -0.2) is 84.2 Å². The van der Waals surface area contributed by atoms with Gasteiger partial charge in [-0.15, -0.1) is 0 Å². The van der Waals surface area contributed by atoms with Crippen molar-refractivity contribution in [2.45, 2.75) is 26.9 Å². The van der Waals surface area contributed by atoms with Crippen LogP contribution in [0.25, 0.3) is 0 Å². The van der Waals surface area contributed by atoms with Gasteiger partial charge in [0.25, 0.3) is 11.8 Å². The highest BCUT2D eigenvalue weighted by Gasteiger charge is 2.27. The van der Waals surface area contributed by atoms with E-state index in [-0.39, 0.29) is 44.0 Å². The van der Waals surface area contributed by atoms with Crippen LogP contribution in [0.5, 0.6) is 0 Å². The second-order valence-corrected chi connectivity index (χ2v) is 6.52. The highest BCUT2D eigenvalue weighted by atomic mass is 16.3. The first-order valence-electron chi connectivity index (χ1n) is 9.17. The second kappa shape index (κ2) is 11.5. The van der Waals surface area contributed by atoms with Crippen LogP contribution in [0.2, 0.25) is 0 Å². The van der Waals surface area contributed by atoms with Crippen molar-refractivity contribution in [2.75, 3.05) is 44.4 Å². The van der Waals surface area contributed by atoms with Gasteiger partial charge in [0.2, 0.25) is 6.41 Å². The van der Waals surface area contributed by atoms with Crippen LogP contribution in [0.1, 0.15) is 37.4 Å². The Morgan fingerprint density at radius 2 is 1.52 bits per heavy atom. The maximum atomic E-state index is 12.8. The maximum absolute atomic E-state index is 12.8. The summed E-state index contributed by atoms with van der Waals surface area (Å²) in [6.45, 7) is 3.52. The topological polar surface area (TPSA) is 159 Å². The Balaban J connectivity index is 3.62. The Morgan fingerprint density at radius 3 is 1.97 bits per heavy atom. The lowest BCUT2D eigenvalue weighted by molar-refractivity contribution is -0.107. The van der Waals surface area contributed by atoms with Crippen molar-refractivity contribution in [3.05, 3.63) is 27.8 Å². The molecular formula is C19H29N3O7. The molecule has 0 bridgehead atoms. The molecule has 1 aromatic rings. The van der Waals surface area contributed by atoms with E-state index < -0.39 is 24.5 Å². The summed E-state index contributed by atoms with van der Waals surface area (Å²) in [5, 5.41) is 41.7. The molecule has 29 heavy (non-hydrogen) atoms. The summed E-state index contributed by atoms with van der Waals surface area (Å²) in [7, 11) is 0. The summed E-state index contributed by atoms with van der Waals surface area (Å²) in [6, 6.07) is 0. The molecule has 162 valence electrons. The van der Waals surface area contributed by atoms with Gasteiger partial charge in [0, 0.05) is 30.8 Å². The Morgan fingerprint density at radius 1 is 0.966 bits per heavy atom. The SMILES string of the molecule is Cc1c(C(=O)NCCO)c(C)c(N(C=O)CCO)c(C)c1C(=O)NCC(O)CO. The van der Waals surface area contributed by atoms with Gasteiger partial charge in [-0.05, 0) is 37.5 Å². The molecule has 0 aliphatic heterocycles. The van der Waals surface area contributed by atoms with Gasteiger partial charge in [-0.25, -0.2) is 0 Å². The minimum atomic E-state index is -1.14. The molecule has 10 nitrogen and oxygen atoms in total. The van der Waals surface area contributed by atoms with Crippen LogP contribution >= 0.6 is 0 Å². The average Bonchev–Trinajstić information content (AvgIpc) is 2.69. The molecule has 0 aromatic heterocycles. The van der Waals surface area contributed by atoms with E-state index in [4.69, 9.17) is 10.2 Å². The number of carbonyl (C=O) groups excluding carboxylic acids is 3. The monoisotopic (exact) mass is 411 g/mol. The van der Waals surface area contributed by atoms with Crippen LogP contribution < -0.4 is 15.5 Å². The fourth-order valence-corrected chi connectivity index (χ4v) is 3.26. The molecule has 1 unspecified atom stereocenters. The lowest BCUT2D eigenvalue weighted by atomic mass is 9.89. The molecule has 0 fully saturated rings. The third-order valence-electron chi connectivity index (χ3n) is 4.53. The first-order chi connectivity index (χ1) is 13.7. The van der Waals surface area contributed by atoms with Gasteiger partial charge in [-0.1, -0.05) is 0 Å². The van der Waals surface area contributed by atoms with Crippen molar-refractivity contribution in [1.82, 2.24) is 10.6 Å². The van der Waals surface area contributed by atoms with Crippen molar-refractivity contribution in [1.29, 1.82) is 0 Å². The molecule has 10 heteroatoms. The van der Waals surface area contributed by atoms with E-state index in [9.17, 15) is 24.6 Å². The number of hydrogen-bond acceptors (Lipinski definition) is 7. The third kappa shape index (κ3) is 5.73. The second-order valence-electron chi connectivity index (χ2n) is 6.52. The molecule has 3 amide bonds. The molecule has 1 aromatic carbocycles. The van der Waals surface area contributed by atoms with E-state index in [0.29, 0.717) is 28.8 Å². The highest BCUT2D eigenvalue weighted by molar-refractivity contribution is 6.07. The molecule has 1 atom stereocenters. The number of nitrogens with one attached hydrogen (secondary N) is 2. The van der Waals surface area contributed by atoms with E-state index in [1.54, 1.807) is 20.8 Å². The van der Waals surface area contributed by atoms with Gasteiger partial charge < -0.3 is 36.0 Å². The summed E-state index contributed by atoms with van der Waals surface area (Å²) in [6.07, 6.45) is -0.634. The molecule has 0 heterocycles. The molecule has 1 rings (SSSR count). The first-order valence-corrected chi connectivity index (χ1v) is 9.17. The zero-order valence-corrected chi connectivity index (χ0v) is 16.9. The molecule has 0 aliphatic carbocycles. The van der Waals surface area contributed by atoms with Crippen molar-refractivity contribution < 1.29 is 34.8 Å². The number of nitrogens with zero attached hydrogens (tertiary/aromatic N) is 1. The van der Waals surface area contributed by atoms with Crippen LogP contribution in [0.3, 0.4) is 0 Å². The van der Waals surface area contributed by atoms with Gasteiger partial charge in [0.05, 0.1) is 31.6 Å². The van der Waals surface area contributed by atoms with E-state index in [1.807, 2.05) is 0 Å². The number of rotatable bonds is 11. The smallest absolute Gasteiger partial charge is 0.252 e. The van der Waals surface area contributed by atoms with Crippen molar-refractivity contribution in [3.63, 3.8) is 0 Å². The standard InChI is InChI=1S/C19H29N3O7/c1-11-15(18(28)20-4-6-23)12(2)17(22(10-26)5-7-24)13(3)16(11)19(29)21-8-14(27)9-25/h10,14,23-25,27H,4-9H2,1-3H3,(H,20,28)(H,21,29). The van der Waals surface area contributed by atoms with Crippen LogP contribution in [0, 0.1) is 20.8 Å². The zero-order valence-electron chi connectivity index (χ0n) is 16.9. The summed E-state index contributed by atoms with van der Waals surface area (Å²) >= 11 is 0. The van der Waals surface area contributed by atoms with Crippen LogP contribution in [0.15, 0.2) is 0 Å². The quantitative estimate of drug-likeness (QED) is 0.239. The molecule has 0 saturated carbocycles. The first kappa shape index (κ1) is 24.5. The van der Waals surface area contributed by atoms with Gasteiger partial charge >= 0.3 is 0 Å². The van der Waals surface area contributed by atoms with E-state index in [0.717, 1.165) is 0 Å². The van der Waals surface area contributed by atoms with Gasteiger partial charge in [0.1, 0.15) is 0 Å². The molecule has 0 saturated heterocycles. The normalized spacial score (nSPS) is 11.7. The molecular weight excluding hydrogens is 382 g/mol. The van der Waals surface area contributed by atoms with Crippen molar-refractivity contribution >= 4 is 23.9 Å². The van der Waals surface area contributed by atoms with E-state index in [2.05, 4.69) is 10.6 Å². The lowest BCUT2D eigenvalue weighted by Gasteiger charge is -2.27. The Hall–Kier alpha value is -2.53. The summed E-state index contributed by atoms with van der Waals surface area (Å²) in [5.41, 5.74) is 1.89. The summed E-state index contributed by atoms with van der Waals surface area (Å²) in [5.74, 6) is -1.10. The van der Waals surface area contributed by atoms with E-state index in [1.165, 1.54) is 4.90 Å². The maximum Gasteiger partial charge on any atom is 0.252 e. The Kier molecular flexibility index (Phi) is 9.69. The number of aliphatic hydroxyl groups is 4. The minimum absolute atomic E-state index is 0.0131. The predicted octanol–water partition coefficient (Wildman–Crippen LogP) is -1.63. The van der Waals surface area contributed by atoms with Gasteiger partial charge in [0.15, 0.2) is 0 Å². The lowest BCUT2D eigenvalue weighted by Crippen LogP contribution is -2.36. The Labute approximate surface area is 169 Å². The zero-order chi connectivity index (χ0) is 22.1. The fraction of sp³-hybridized carbons (Fsp3) is 0.526. The van der Waals surface area contributed by atoms with Gasteiger partial charge in [-0.3, -0.25) is 14.4 Å². The number of anilines is 1. The number of carbonyl (C=O) groups is 3. The number of benzene rings is 1. The highest BCUT2D eigenvalue weighted by Crippen LogP contribution is 2.33. The average molecular weight is 411 g/mol. The van der Waals surface area contributed by atoms with E-state index >= 15 is 0 Å². The molecule has 6 N–H and O–H groups in total. The summed E-state index contributed by atoms with van der Waals surface area (Å²) in [4.78, 5) is 38.3. The van der Waals surface area contributed by atoms with Crippen molar-refractivity contribution in [3.8, 4) is 0 Å². The van der Waals surface area contributed by atoms with Crippen LogP contribution in [0.4, 0.5) is 5.69 Å². The number of amides is 3. The predicted molar refractivity (Wildman–Crippen MR) is 106 cm³/mol. The van der Waals surface area contributed by atoms with Gasteiger partial charge in [-0.2, -0.15) is 0 Å². The summed E-state index contributed by atoms with van der Waals surface area (Å²) < 4.78 is 0. The third-order valence-corrected chi connectivity index (χ3v) is 4.53. The largest absolute Gasteiger partial charge is 0.395 e. The number of hydrogen-bond donors (Lipinski definition) is 6. The van der Waals surface area contributed by atoms with Crippen LogP contribution in [-0.2, 0) is 4.79 Å². The molecule has 0 aliphatic rings. The minimum Gasteiger partial charge on any atom is -0.395 e. The Bertz CT molecular complexity index is 752. The molecule has 0 spiro atoms. The molecule has 0 radical (unpaired) electrons. The number of aliphatic hydroxyl groups excluding tert-OH is 4. The fourth-order valence-electron chi connectivity index (χ4n) is 3.26.